The van der Waals surface area contributed by atoms with Crippen molar-refractivity contribution in [2.75, 3.05) is 0 Å². The number of benzene rings is 4. The second kappa shape index (κ2) is 14.2. The molecule has 4 amide bonds. The number of fused-ring (bicyclic) bond motifs is 1. The summed E-state index contributed by atoms with van der Waals surface area (Å²) in [6.07, 6.45) is 0.537. The number of rotatable bonds is 12. The van der Waals surface area contributed by atoms with E-state index >= 15 is 0 Å². The smallest absolute Gasteiger partial charge is 0.246 e. The molecule has 3 atom stereocenters. The zero-order valence-corrected chi connectivity index (χ0v) is 26.9. The molecule has 0 bridgehead atoms. The fourth-order valence-corrected chi connectivity index (χ4v) is 5.93. The van der Waals surface area contributed by atoms with Crippen LogP contribution in [0.5, 0.6) is 0 Å². The van der Waals surface area contributed by atoms with E-state index in [1.807, 2.05) is 93.6 Å². The normalized spacial score (nSPS) is 17.7. The molecule has 0 heterocycles. The third-order valence-corrected chi connectivity index (χ3v) is 8.34. The van der Waals surface area contributed by atoms with Crippen LogP contribution in [0.25, 0.3) is 10.8 Å². The van der Waals surface area contributed by atoms with E-state index in [1.165, 1.54) is 12.1 Å². The first-order chi connectivity index (χ1) is 22.4. The quantitative estimate of drug-likeness (QED) is 0.174. The van der Waals surface area contributed by atoms with Gasteiger partial charge in [0.2, 0.25) is 23.6 Å². The van der Waals surface area contributed by atoms with Gasteiger partial charge in [-0.25, -0.2) is 4.39 Å². The summed E-state index contributed by atoms with van der Waals surface area (Å²) < 4.78 is 13.8. The van der Waals surface area contributed by atoms with Crippen molar-refractivity contribution in [3.63, 3.8) is 0 Å². The van der Waals surface area contributed by atoms with E-state index in [0.717, 1.165) is 21.9 Å². The Bertz CT molecular complexity index is 1750. The fraction of sp³-hybridized carbons (Fsp3) is 0.316. The predicted octanol–water partition coefficient (Wildman–Crippen LogP) is 5.06. The predicted molar refractivity (Wildman–Crippen MR) is 180 cm³/mol. The maximum atomic E-state index is 14.0. The summed E-state index contributed by atoms with van der Waals surface area (Å²) in [7, 11) is 0. The van der Waals surface area contributed by atoms with E-state index in [9.17, 15) is 23.6 Å². The molecule has 0 spiro atoms. The highest BCUT2D eigenvalue weighted by molar-refractivity contribution is 5.99. The van der Waals surface area contributed by atoms with Gasteiger partial charge in [0.05, 0.1) is 6.42 Å². The Morgan fingerprint density at radius 3 is 2.26 bits per heavy atom. The summed E-state index contributed by atoms with van der Waals surface area (Å²) in [6.45, 7) is 5.70. The van der Waals surface area contributed by atoms with Gasteiger partial charge in [0.1, 0.15) is 17.4 Å². The van der Waals surface area contributed by atoms with Crippen molar-refractivity contribution >= 4 is 34.4 Å². The van der Waals surface area contributed by atoms with Crippen molar-refractivity contribution in [2.45, 2.75) is 76.0 Å². The number of carbonyl (C=O) groups is 4. The summed E-state index contributed by atoms with van der Waals surface area (Å²) in [4.78, 5) is 54.0. The van der Waals surface area contributed by atoms with Crippen molar-refractivity contribution < 1.29 is 23.6 Å². The lowest BCUT2D eigenvalue weighted by Gasteiger charge is -2.26. The van der Waals surface area contributed by atoms with Gasteiger partial charge in [-0.3, -0.25) is 19.2 Å². The molecule has 0 radical (unpaired) electrons. The highest BCUT2D eigenvalue weighted by atomic mass is 19.1. The molecule has 4 aromatic carbocycles. The number of nitrogens with one attached hydrogen (secondary N) is 4. The Balaban J connectivity index is 1.36. The molecule has 0 aliphatic heterocycles. The standard InChI is InChI=1S/C38H41FN4O4/c1-37(2,3)42-34(45)22-32(41-33(44)21-16-25-10-5-4-6-11-25)35(46)43-38(23-31(38)27-17-19-29(39)20-18-27)36(47)40-24-28-14-9-13-26-12-7-8-15-30(26)28/h4-15,17-20,31-32H,16,21-24H2,1-3H3,(H,40,47)(H,41,44)(H,42,45)(H,43,46)/t31-,32-,38+/m0/s1. The maximum absolute atomic E-state index is 14.0. The van der Waals surface area contributed by atoms with Crippen LogP contribution < -0.4 is 21.3 Å². The molecule has 4 aromatic rings. The molecule has 1 aliphatic carbocycles. The monoisotopic (exact) mass is 636 g/mol. The molecule has 244 valence electrons. The lowest BCUT2D eigenvalue weighted by atomic mass is 10.0. The molecule has 4 N–H and O–H groups in total. The fourth-order valence-electron chi connectivity index (χ4n) is 5.93. The average Bonchev–Trinajstić information content (AvgIpc) is 3.77. The molecule has 5 rings (SSSR count). The summed E-state index contributed by atoms with van der Waals surface area (Å²) >= 11 is 0. The van der Waals surface area contributed by atoms with Gasteiger partial charge in [-0.2, -0.15) is 0 Å². The van der Waals surface area contributed by atoms with Crippen molar-refractivity contribution in [2.24, 2.45) is 0 Å². The Labute approximate surface area is 274 Å². The van der Waals surface area contributed by atoms with Gasteiger partial charge in [-0.1, -0.05) is 84.9 Å². The van der Waals surface area contributed by atoms with E-state index in [2.05, 4.69) is 21.3 Å². The number of amides is 4. The number of halogens is 1. The van der Waals surface area contributed by atoms with Crippen LogP contribution in [0.1, 0.15) is 62.6 Å². The van der Waals surface area contributed by atoms with Crippen LogP contribution in [0, 0.1) is 5.82 Å². The topological polar surface area (TPSA) is 116 Å². The Hall–Kier alpha value is -5.05. The van der Waals surface area contributed by atoms with Crippen LogP contribution in [0.3, 0.4) is 0 Å². The molecule has 8 nitrogen and oxygen atoms in total. The summed E-state index contributed by atoms with van der Waals surface area (Å²) in [5.41, 5.74) is 0.673. The molecule has 1 aliphatic rings. The molecular weight excluding hydrogens is 595 g/mol. The minimum Gasteiger partial charge on any atom is -0.351 e. The molecule has 47 heavy (non-hydrogen) atoms. The maximum Gasteiger partial charge on any atom is 0.246 e. The van der Waals surface area contributed by atoms with Gasteiger partial charge in [0.25, 0.3) is 0 Å². The van der Waals surface area contributed by atoms with Gasteiger partial charge in [-0.15, -0.1) is 0 Å². The lowest BCUT2D eigenvalue weighted by Crippen LogP contribution is -2.57. The van der Waals surface area contributed by atoms with Crippen LogP contribution in [0.2, 0.25) is 0 Å². The van der Waals surface area contributed by atoms with E-state index in [4.69, 9.17) is 0 Å². The van der Waals surface area contributed by atoms with Gasteiger partial charge in [0.15, 0.2) is 0 Å². The molecule has 0 unspecified atom stereocenters. The van der Waals surface area contributed by atoms with Crippen molar-refractivity contribution in [1.29, 1.82) is 0 Å². The van der Waals surface area contributed by atoms with Crippen LogP contribution in [-0.2, 0) is 32.1 Å². The molecule has 9 heteroatoms. The Kier molecular flexibility index (Phi) is 10.0. The van der Waals surface area contributed by atoms with Crippen molar-refractivity contribution in [1.82, 2.24) is 21.3 Å². The second-order valence-electron chi connectivity index (χ2n) is 13.2. The van der Waals surface area contributed by atoms with Gasteiger partial charge in [0, 0.05) is 24.4 Å². The third kappa shape index (κ3) is 8.61. The van der Waals surface area contributed by atoms with E-state index < -0.39 is 52.5 Å². The minimum atomic E-state index is -1.35. The molecular formula is C38H41FN4O4. The van der Waals surface area contributed by atoms with Gasteiger partial charge >= 0.3 is 0 Å². The summed E-state index contributed by atoms with van der Waals surface area (Å²) in [5.74, 6) is -2.70. The van der Waals surface area contributed by atoms with Crippen LogP contribution in [0.4, 0.5) is 4.39 Å². The van der Waals surface area contributed by atoms with E-state index in [-0.39, 0.29) is 25.8 Å². The second-order valence-corrected chi connectivity index (χ2v) is 13.2. The largest absolute Gasteiger partial charge is 0.351 e. The van der Waals surface area contributed by atoms with Gasteiger partial charge in [-0.05, 0) is 73.2 Å². The molecule has 1 saturated carbocycles. The summed E-state index contributed by atoms with van der Waals surface area (Å²) in [6, 6.07) is 27.8. The highest BCUT2D eigenvalue weighted by Crippen LogP contribution is 2.52. The SMILES string of the molecule is CC(C)(C)NC(=O)C[C@H](NC(=O)CCc1ccccc1)C(=O)N[C@]1(C(=O)NCc2cccc3ccccc23)C[C@H]1c1ccc(F)cc1. The molecule has 0 saturated heterocycles. The zero-order chi connectivity index (χ0) is 33.6. The van der Waals surface area contributed by atoms with E-state index in [0.29, 0.717) is 12.0 Å². The number of hydrogen-bond acceptors (Lipinski definition) is 4. The van der Waals surface area contributed by atoms with Gasteiger partial charge < -0.3 is 21.3 Å². The number of carbonyl (C=O) groups excluding carboxylic acids is 4. The lowest BCUT2D eigenvalue weighted by molar-refractivity contribution is -0.134. The third-order valence-electron chi connectivity index (χ3n) is 8.34. The number of aryl methyl sites for hydroxylation is 1. The first-order valence-electron chi connectivity index (χ1n) is 15.9. The Morgan fingerprint density at radius 2 is 1.53 bits per heavy atom. The van der Waals surface area contributed by atoms with Crippen molar-refractivity contribution in [3.05, 3.63) is 120 Å². The minimum absolute atomic E-state index is 0.115. The molecule has 1 fully saturated rings. The highest BCUT2D eigenvalue weighted by Gasteiger charge is 2.62. The zero-order valence-electron chi connectivity index (χ0n) is 26.9. The van der Waals surface area contributed by atoms with Crippen LogP contribution >= 0.6 is 0 Å². The van der Waals surface area contributed by atoms with Crippen LogP contribution in [0.15, 0.2) is 97.1 Å². The molecule has 0 aromatic heterocycles. The van der Waals surface area contributed by atoms with E-state index in [1.54, 1.807) is 12.1 Å². The Morgan fingerprint density at radius 1 is 0.851 bits per heavy atom. The average molecular weight is 637 g/mol. The summed E-state index contributed by atoms with van der Waals surface area (Å²) in [5, 5.41) is 13.5. The first-order valence-corrected chi connectivity index (χ1v) is 15.9. The van der Waals surface area contributed by atoms with Crippen LogP contribution in [-0.4, -0.2) is 40.7 Å². The van der Waals surface area contributed by atoms with Crippen molar-refractivity contribution in [3.8, 4) is 0 Å². The first kappa shape index (κ1) is 33.3. The number of hydrogen-bond donors (Lipinski definition) is 4.